The maximum absolute atomic E-state index is 3.63. The van der Waals surface area contributed by atoms with Crippen LogP contribution in [0.3, 0.4) is 0 Å². The van der Waals surface area contributed by atoms with Crippen LogP contribution in [0.5, 0.6) is 0 Å². The van der Waals surface area contributed by atoms with Gasteiger partial charge in [-0.25, -0.2) is 0 Å². The van der Waals surface area contributed by atoms with Gasteiger partial charge in [-0.2, -0.15) is 0 Å². The summed E-state index contributed by atoms with van der Waals surface area (Å²) in [6.45, 7) is 15.5. The monoisotopic (exact) mass is 214 g/mol. The molecule has 1 rings (SSSR count). The van der Waals surface area contributed by atoms with E-state index in [1.165, 1.54) is 25.9 Å². The van der Waals surface area contributed by atoms with Crippen LogP contribution < -0.4 is 5.32 Å². The van der Waals surface area contributed by atoms with Crippen molar-refractivity contribution in [2.75, 3.05) is 13.1 Å². The van der Waals surface area contributed by atoms with Crippen LogP contribution in [0.15, 0.2) is 0 Å². The number of nitrogens with zero attached hydrogens (tertiary/aromatic N) is 1. The summed E-state index contributed by atoms with van der Waals surface area (Å²) in [7, 11) is 0. The molecule has 1 fully saturated rings. The average molecular weight is 214 g/mol. The second kappa shape index (κ2) is 8.12. The molecule has 2 atom stereocenters. The van der Waals surface area contributed by atoms with Crippen LogP contribution in [0.4, 0.5) is 0 Å². The third-order valence-electron chi connectivity index (χ3n) is 2.99. The van der Waals surface area contributed by atoms with E-state index in [4.69, 9.17) is 0 Å². The van der Waals surface area contributed by atoms with Gasteiger partial charge in [-0.3, -0.25) is 0 Å². The first-order valence-electron chi connectivity index (χ1n) is 6.63. The zero-order chi connectivity index (χ0) is 11.8. The summed E-state index contributed by atoms with van der Waals surface area (Å²) in [5.74, 6) is 0. The van der Waals surface area contributed by atoms with Crippen molar-refractivity contribution in [3.63, 3.8) is 0 Å². The number of hydrogen-bond acceptors (Lipinski definition) is 2. The van der Waals surface area contributed by atoms with E-state index < -0.39 is 0 Å². The molecule has 1 heterocycles. The van der Waals surface area contributed by atoms with Crippen LogP contribution in [-0.2, 0) is 0 Å². The van der Waals surface area contributed by atoms with Gasteiger partial charge in [0.2, 0.25) is 0 Å². The number of likely N-dealkylation sites (tertiary alicyclic amines) is 1. The van der Waals surface area contributed by atoms with Crippen molar-refractivity contribution in [3.8, 4) is 0 Å². The van der Waals surface area contributed by atoms with E-state index in [0.29, 0.717) is 6.04 Å². The quantitative estimate of drug-likeness (QED) is 0.777. The van der Waals surface area contributed by atoms with Crippen LogP contribution in [-0.4, -0.2) is 36.1 Å². The number of hydrogen-bond donors (Lipinski definition) is 1. The lowest BCUT2D eigenvalue weighted by molar-refractivity contribution is 0.140. The molecule has 2 heteroatoms. The van der Waals surface area contributed by atoms with Gasteiger partial charge < -0.3 is 10.2 Å². The van der Waals surface area contributed by atoms with Crippen LogP contribution in [0.1, 0.15) is 54.4 Å². The predicted molar refractivity (Wildman–Crippen MR) is 69.4 cm³/mol. The Labute approximate surface area is 96.4 Å². The molecule has 1 N–H and O–H groups in total. The Morgan fingerprint density at radius 1 is 1.33 bits per heavy atom. The lowest BCUT2D eigenvalue weighted by Gasteiger charge is -2.38. The minimum atomic E-state index is 0.630. The normalized spacial score (nSPS) is 27.4. The highest BCUT2D eigenvalue weighted by Crippen LogP contribution is 2.16. The zero-order valence-corrected chi connectivity index (χ0v) is 11.5. The largest absolute Gasteiger partial charge is 0.312 e. The molecule has 0 spiro atoms. The Kier molecular flexibility index (Phi) is 8.07. The summed E-state index contributed by atoms with van der Waals surface area (Å²) in [5.41, 5.74) is 0. The van der Waals surface area contributed by atoms with Gasteiger partial charge in [0, 0.05) is 18.1 Å². The third-order valence-corrected chi connectivity index (χ3v) is 2.99. The number of rotatable bonds is 3. The lowest BCUT2D eigenvalue weighted by atomic mass is 9.98. The van der Waals surface area contributed by atoms with Gasteiger partial charge in [0.15, 0.2) is 0 Å². The molecule has 0 amide bonds. The van der Waals surface area contributed by atoms with E-state index in [9.17, 15) is 0 Å². The van der Waals surface area contributed by atoms with Gasteiger partial charge in [-0.1, -0.05) is 34.6 Å². The smallest absolute Gasteiger partial charge is 0.00963 e. The van der Waals surface area contributed by atoms with Crippen molar-refractivity contribution in [1.82, 2.24) is 10.2 Å². The molecule has 0 aromatic rings. The van der Waals surface area contributed by atoms with E-state index >= 15 is 0 Å². The fourth-order valence-corrected chi connectivity index (χ4v) is 2.31. The van der Waals surface area contributed by atoms with Gasteiger partial charge in [0.25, 0.3) is 0 Å². The summed E-state index contributed by atoms with van der Waals surface area (Å²) < 4.78 is 0. The van der Waals surface area contributed by atoms with Crippen molar-refractivity contribution in [1.29, 1.82) is 0 Å². The minimum Gasteiger partial charge on any atom is -0.312 e. The second-order valence-corrected chi connectivity index (χ2v) is 4.52. The van der Waals surface area contributed by atoms with Crippen molar-refractivity contribution in [2.24, 2.45) is 0 Å². The molecule has 92 valence electrons. The summed E-state index contributed by atoms with van der Waals surface area (Å²) >= 11 is 0. The van der Waals surface area contributed by atoms with Crippen LogP contribution in [0.25, 0.3) is 0 Å². The first kappa shape index (κ1) is 14.9. The van der Waals surface area contributed by atoms with Crippen LogP contribution in [0.2, 0.25) is 0 Å². The summed E-state index contributed by atoms with van der Waals surface area (Å²) in [5, 5.41) is 3.63. The van der Waals surface area contributed by atoms with Gasteiger partial charge in [0.05, 0.1) is 0 Å². The molecule has 2 nitrogen and oxygen atoms in total. The third kappa shape index (κ3) is 5.53. The first-order valence-corrected chi connectivity index (χ1v) is 6.63. The fourth-order valence-electron chi connectivity index (χ4n) is 2.31. The predicted octanol–water partition coefficient (Wildman–Crippen LogP) is 2.88. The topological polar surface area (TPSA) is 15.3 Å². The Balaban J connectivity index is 0.000000921. The van der Waals surface area contributed by atoms with Gasteiger partial charge in [0.1, 0.15) is 0 Å². The van der Waals surface area contributed by atoms with Crippen molar-refractivity contribution in [3.05, 3.63) is 0 Å². The molecular weight excluding hydrogens is 184 g/mol. The minimum absolute atomic E-state index is 0.630. The van der Waals surface area contributed by atoms with E-state index in [2.05, 4.69) is 37.9 Å². The van der Waals surface area contributed by atoms with Crippen LogP contribution in [0, 0.1) is 0 Å². The van der Waals surface area contributed by atoms with Gasteiger partial charge in [-0.05, 0) is 32.9 Å². The Morgan fingerprint density at radius 3 is 2.33 bits per heavy atom. The Morgan fingerprint density at radius 2 is 1.93 bits per heavy atom. The molecule has 1 saturated heterocycles. The Hall–Kier alpha value is -0.0800. The standard InChI is InChI=1S/C11H24N2.C2H6/c1-5-13-7-6-11(8-10(13)4)12-9(2)3;1-2/h9-12H,5-8H2,1-4H3;1-2H3. The number of nitrogens with one attached hydrogen (secondary N) is 1. The number of piperidine rings is 1. The molecule has 1 aliphatic rings. The molecular formula is C13H30N2. The maximum Gasteiger partial charge on any atom is 0.00963 e. The SMILES string of the molecule is CC.CCN1CCC(NC(C)C)CC1C. The van der Waals surface area contributed by atoms with Crippen molar-refractivity contribution in [2.45, 2.75) is 72.5 Å². The molecule has 2 unspecified atom stereocenters. The highest BCUT2D eigenvalue weighted by atomic mass is 15.2. The van der Waals surface area contributed by atoms with E-state index in [-0.39, 0.29) is 0 Å². The summed E-state index contributed by atoms with van der Waals surface area (Å²) in [4.78, 5) is 2.57. The molecule has 0 aliphatic carbocycles. The van der Waals surface area contributed by atoms with Gasteiger partial charge in [-0.15, -0.1) is 0 Å². The second-order valence-electron chi connectivity index (χ2n) is 4.52. The Bertz CT molecular complexity index is 145. The molecule has 0 radical (unpaired) electrons. The zero-order valence-electron chi connectivity index (χ0n) is 11.5. The molecule has 0 aromatic heterocycles. The fraction of sp³-hybridized carbons (Fsp3) is 1.00. The molecule has 0 saturated carbocycles. The van der Waals surface area contributed by atoms with E-state index in [1.807, 2.05) is 13.8 Å². The van der Waals surface area contributed by atoms with E-state index in [1.54, 1.807) is 0 Å². The summed E-state index contributed by atoms with van der Waals surface area (Å²) in [6, 6.07) is 2.14. The molecule has 0 aromatic carbocycles. The van der Waals surface area contributed by atoms with E-state index in [0.717, 1.165) is 12.1 Å². The molecule has 15 heavy (non-hydrogen) atoms. The molecule has 0 bridgehead atoms. The highest BCUT2D eigenvalue weighted by molar-refractivity contribution is 4.82. The van der Waals surface area contributed by atoms with Crippen molar-refractivity contribution < 1.29 is 0 Å². The van der Waals surface area contributed by atoms with Crippen molar-refractivity contribution >= 4 is 0 Å². The highest BCUT2D eigenvalue weighted by Gasteiger charge is 2.23. The maximum atomic E-state index is 3.63. The molecule has 1 aliphatic heterocycles. The van der Waals surface area contributed by atoms with Gasteiger partial charge >= 0.3 is 0 Å². The van der Waals surface area contributed by atoms with Crippen LogP contribution >= 0.6 is 0 Å². The summed E-state index contributed by atoms with van der Waals surface area (Å²) in [6.07, 6.45) is 2.63. The average Bonchev–Trinajstić information content (AvgIpc) is 2.20. The lowest BCUT2D eigenvalue weighted by Crippen LogP contribution is -2.48. The first-order chi connectivity index (χ1) is 7.13.